The van der Waals surface area contributed by atoms with Crippen molar-refractivity contribution in [2.24, 2.45) is 5.92 Å². The lowest BCUT2D eigenvalue weighted by molar-refractivity contribution is -0.123. The maximum absolute atomic E-state index is 11.1. The first-order valence-electron chi connectivity index (χ1n) is 4.91. The Labute approximate surface area is 79.4 Å². The molecule has 0 spiro atoms. The van der Waals surface area contributed by atoms with E-state index in [-0.39, 0.29) is 12.4 Å². The van der Waals surface area contributed by atoms with Crippen LogP contribution in [0, 0.1) is 5.92 Å². The topological polar surface area (TPSA) is 35.5 Å². The van der Waals surface area contributed by atoms with Gasteiger partial charge in [-0.2, -0.15) is 0 Å². The van der Waals surface area contributed by atoms with Crippen LogP contribution in [0.1, 0.15) is 25.7 Å². The summed E-state index contributed by atoms with van der Waals surface area (Å²) in [5.41, 5.74) is 0. The van der Waals surface area contributed by atoms with Gasteiger partial charge in [0.25, 0.3) is 0 Å². The van der Waals surface area contributed by atoms with Gasteiger partial charge in [0, 0.05) is 26.7 Å². The van der Waals surface area contributed by atoms with Crippen LogP contribution in [-0.4, -0.2) is 32.7 Å². The van der Waals surface area contributed by atoms with Gasteiger partial charge in [-0.15, -0.1) is 0 Å². The predicted octanol–water partition coefficient (Wildman–Crippen LogP) is 1.41. The van der Waals surface area contributed by atoms with Crippen molar-refractivity contribution < 1.29 is 14.3 Å². The van der Waals surface area contributed by atoms with Gasteiger partial charge in [-0.1, -0.05) is 0 Å². The molecule has 1 aliphatic heterocycles. The SMILES string of the molecule is COCC(=O)CCC1CCOCC1. The van der Waals surface area contributed by atoms with Crippen LogP contribution in [0.15, 0.2) is 0 Å². The van der Waals surface area contributed by atoms with Crippen LogP contribution in [-0.2, 0) is 14.3 Å². The lowest BCUT2D eigenvalue weighted by Gasteiger charge is -2.21. The zero-order valence-electron chi connectivity index (χ0n) is 8.25. The highest BCUT2D eigenvalue weighted by Crippen LogP contribution is 2.19. The molecule has 1 saturated heterocycles. The molecule has 0 aromatic carbocycles. The van der Waals surface area contributed by atoms with Crippen LogP contribution < -0.4 is 0 Å². The molecular formula is C10H18O3. The molecule has 13 heavy (non-hydrogen) atoms. The summed E-state index contributed by atoms with van der Waals surface area (Å²) in [6.45, 7) is 2.00. The highest BCUT2D eigenvalue weighted by Gasteiger charge is 2.14. The maximum atomic E-state index is 11.1. The molecule has 0 N–H and O–H groups in total. The van der Waals surface area contributed by atoms with Crippen molar-refractivity contribution in [1.82, 2.24) is 0 Å². The normalized spacial score (nSPS) is 18.8. The first-order chi connectivity index (χ1) is 6.33. The minimum atomic E-state index is 0.217. The van der Waals surface area contributed by atoms with Crippen LogP contribution in [0.4, 0.5) is 0 Å². The summed E-state index contributed by atoms with van der Waals surface area (Å²) < 4.78 is 10.0. The van der Waals surface area contributed by atoms with Crippen molar-refractivity contribution in [2.45, 2.75) is 25.7 Å². The molecule has 3 nitrogen and oxygen atoms in total. The van der Waals surface area contributed by atoms with Crippen molar-refractivity contribution in [3.05, 3.63) is 0 Å². The third-order valence-electron chi connectivity index (χ3n) is 2.48. The number of hydrogen-bond donors (Lipinski definition) is 0. The lowest BCUT2D eigenvalue weighted by Crippen LogP contribution is -2.17. The third-order valence-corrected chi connectivity index (χ3v) is 2.48. The molecule has 0 unspecified atom stereocenters. The number of ketones is 1. The van der Waals surface area contributed by atoms with E-state index >= 15 is 0 Å². The number of ether oxygens (including phenoxy) is 2. The summed E-state index contributed by atoms with van der Waals surface area (Å²) in [4.78, 5) is 11.1. The second-order valence-electron chi connectivity index (χ2n) is 3.57. The van der Waals surface area contributed by atoms with Crippen molar-refractivity contribution >= 4 is 5.78 Å². The Hall–Kier alpha value is -0.410. The van der Waals surface area contributed by atoms with Gasteiger partial charge in [0.05, 0.1) is 0 Å². The average Bonchev–Trinajstić information content (AvgIpc) is 2.17. The first-order valence-corrected chi connectivity index (χ1v) is 4.91. The minimum Gasteiger partial charge on any atom is -0.381 e. The molecule has 1 fully saturated rings. The Morgan fingerprint density at radius 2 is 2.15 bits per heavy atom. The van der Waals surface area contributed by atoms with Crippen molar-refractivity contribution in [3.8, 4) is 0 Å². The zero-order chi connectivity index (χ0) is 9.52. The summed E-state index contributed by atoms with van der Waals surface area (Å²) in [6.07, 6.45) is 3.89. The first kappa shape index (κ1) is 10.7. The Morgan fingerprint density at radius 3 is 2.77 bits per heavy atom. The van der Waals surface area contributed by atoms with Crippen molar-refractivity contribution in [3.63, 3.8) is 0 Å². The van der Waals surface area contributed by atoms with Crippen molar-refractivity contribution in [2.75, 3.05) is 26.9 Å². The van der Waals surface area contributed by atoms with Gasteiger partial charge in [-0.25, -0.2) is 0 Å². The Balaban J connectivity index is 2.06. The number of methoxy groups -OCH3 is 1. The molecule has 0 bridgehead atoms. The Morgan fingerprint density at radius 1 is 1.46 bits per heavy atom. The number of Topliss-reactive ketones (excluding diaryl/α,β-unsaturated/α-hetero) is 1. The van der Waals surface area contributed by atoms with E-state index in [9.17, 15) is 4.79 Å². The summed E-state index contributed by atoms with van der Waals surface area (Å²) in [5.74, 6) is 0.906. The van der Waals surface area contributed by atoms with E-state index in [0.717, 1.165) is 32.5 Å². The fourth-order valence-corrected chi connectivity index (χ4v) is 1.63. The zero-order valence-corrected chi connectivity index (χ0v) is 8.25. The van der Waals surface area contributed by atoms with E-state index in [2.05, 4.69) is 0 Å². The van der Waals surface area contributed by atoms with Gasteiger partial charge in [-0.3, -0.25) is 4.79 Å². The third kappa shape index (κ3) is 4.39. The molecule has 0 atom stereocenters. The van der Waals surface area contributed by atoms with Crippen LogP contribution >= 0.6 is 0 Å². The second kappa shape index (κ2) is 6.11. The van der Waals surface area contributed by atoms with Gasteiger partial charge in [0.1, 0.15) is 6.61 Å². The predicted molar refractivity (Wildman–Crippen MR) is 49.7 cm³/mol. The minimum absolute atomic E-state index is 0.217. The van der Waals surface area contributed by atoms with Gasteiger partial charge in [-0.05, 0) is 25.2 Å². The van der Waals surface area contributed by atoms with Gasteiger partial charge in [0.2, 0.25) is 0 Å². The lowest BCUT2D eigenvalue weighted by atomic mass is 9.94. The molecule has 3 heteroatoms. The highest BCUT2D eigenvalue weighted by molar-refractivity contribution is 5.79. The fraction of sp³-hybridized carbons (Fsp3) is 0.900. The van der Waals surface area contributed by atoms with Gasteiger partial charge >= 0.3 is 0 Å². The van der Waals surface area contributed by atoms with Crippen LogP contribution in [0.2, 0.25) is 0 Å². The Kier molecular flexibility index (Phi) is 5.01. The van der Waals surface area contributed by atoms with Gasteiger partial charge < -0.3 is 9.47 Å². The molecule has 1 rings (SSSR count). The number of carbonyl (C=O) groups is 1. The van der Waals surface area contributed by atoms with E-state index < -0.39 is 0 Å². The monoisotopic (exact) mass is 186 g/mol. The van der Waals surface area contributed by atoms with Gasteiger partial charge in [0.15, 0.2) is 5.78 Å². The van der Waals surface area contributed by atoms with Crippen LogP contribution in [0.3, 0.4) is 0 Å². The quantitative estimate of drug-likeness (QED) is 0.651. The maximum Gasteiger partial charge on any atom is 0.158 e. The van der Waals surface area contributed by atoms with E-state index in [4.69, 9.17) is 9.47 Å². The molecular weight excluding hydrogens is 168 g/mol. The Bertz CT molecular complexity index is 150. The fourth-order valence-electron chi connectivity index (χ4n) is 1.63. The average molecular weight is 186 g/mol. The van der Waals surface area contributed by atoms with E-state index in [0.29, 0.717) is 12.3 Å². The standard InChI is InChI=1S/C10H18O3/c1-12-8-10(11)3-2-9-4-6-13-7-5-9/h9H,2-8H2,1H3. The number of hydrogen-bond acceptors (Lipinski definition) is 3. The van der Waals surface area contributed by atoms with Crippen molar-refractivity contribution in [1.29, 1.82) is 0 Å². The summed E-state index contributed by atoms with van der Waals surface area (Å²) >= 11 is 0. The molecule has 0 saturated carbocycles. The van der Waals surface area contributed by atoms with Crippen LogP contribution in [0.25, 0.3) is 0 Å². The largest absolute Gasteiger partial charge is 0.381 e. The summed E-state index contributed by atoms with van der Waals surface area (Å²) in [6, 6.07) is 0. The van der Waals surface area contributed by atoms with E-state index in [1.807, 2.05) is 0 Å². The molecule has 0 aromatic heterocycles. The smallest absolute Gasteiger partial charge is 0.158 e. The molecule has 76 valence electrons. The molecule has 0 aromatic rings. The second-order valence-corrected chi connectivity index (χ2v) is 3.57. The summed E-state index contributed by atoms with van der Waals surface area (Å²) in [5, 5.41) is 0. The van der Waals surface area contributed by atoms with E-state index in [1.54, 1.807) is 7.11 Å². The molecule has 1 aliphatic rings. The molecule has 1 heterocycles. The van der Waals surface area contributed by atoms with Crippen LogP contribution in [0.5, 0.6) is 0 Å². The molecule has 0 aliphatic carbocycles. The number of carbonyl (C=O) groups excluding carboxylic acids is 1. The highest BCUT2D eigenvalue weighted by atomic mass is 16.5. The summed E-state index contributed by atoms with van der Waals surface area (Å²) in [7, 11) is 1.56. The molecule has 0 radical (unpaired) electrons. The van der Waals surface area contributed by atoms with E-state index in [1.165, 1.54) is 0 Å². The number of rotatable bonds is 5. The molecule has 0 amide bonds.